The van der Waals surface area contributed by atoms with Gasteiger partial charge in [0.15, 0.2) is 0 Å². The third-order valence-corrected chi connectivity index (χ3v) is 6.96. The van der Waals surface area contributed by atoms with Crippen LogP contribution in [0.15, 0.2) is 35.5 Å². The van der Waals surface area contributed by atoms with Gasteiger partial charge >= 0.3 is 0 Å². The molecule has 2 fully saturated rings. The Labute approximate surface area is 190 Å². The predicted molar refractivity (Wildman–Crippen MR) is 122 cm³/mol. The molecule has 0 spiro atoms. The molecule has 174 valence electrons. The number of rotatable bonds is 6. The summed E-state index contributed by atoms with van der Waals surface area (Å²) in [5.74, 6) is 0.198. The highest BCUT2D eigenvalue weighted by Crippen LogP contribution is 2.40. The molecule has 0 aromatic heterocycles. The van der Waals surface area contributed by atoms with Gasteiger partial charge < -0.3 is 19.8 Å². The number of oxime groups is 1. The van der Waals surface area contributed by atoms with Crippen LogP contribution in [0.5, 0.6) is 0 Å². The summed E-state index contributed by atoms with van der Waals surface area (Å²) < 4.78 is 5.56. The summed E-state index contributed by atoms with van der Waals surface area (Å²) in [6.45, 7) is 6.39. The molecule has 0 radical (unpaired) electrons. The van der Waals surface area contributed by atoms with E-state index < -0.39 is 5.41 Å². The molecule has 2 atom stereocenters. The fraction of sp³-hybridized carbons (Fsp3) is 0.640. The Kier molecular flexibility index (Phi) is 7.13. The smallest absolute Gasteiger partial charge is 0.226 e. The molecule has 2 saturated heterocycles. The van der Waals surface area contributed by atoms with Crippen LogP contribution in [0.2, 0.25) is 0 Å². The highest BCUT2D eigenvalue weighted by atomic mass is 16.6. The third kappa shape index (κ3) is 5.14. The van der Waals surface area contributed by atoms with E-state index in [2.05, 4.69) is 10.5 Å². The SMILES string of the molecule is CC(C)C(=O)N1CCC(C[C@H]2CC(c3ccccc3)=NO2)(C(=O)N[C@@H]2CCCOC2)CC1. The lowest BCUT2D eigenvalue weighted by molar-refractivity contribution is -0.145. The molecule has 0 saturated carbocycles. The van der Waals surface area contributed by atoms with E-state index in [-0.39, 0.29) is 29.9 Å². The topological polar surface area (TPSA) is 80.2 Å². The van der Waals surface area contributed by atoms with E-state index in [1.54, 1.807) is 0 Å². The van der Waals surface area contributed by atoms with Crippen LogP contribution in [0, 0.1) is 11.3 Å². The first-order valence-electron chi connectivity index (χ1n) is 11.9. The lowest BCUT2D eigenvalue weighted by Crippen LogP contribution is -2.54. The van der Waals surface area contributed by atoms with Gasteiger partial charge in [0, 0.05) is 38.5 Å². The van der Waals surface area contributed by atoms with Gasteiger partial charge in [-0.3, -0.25) is 9.59 Å². The van der Waals surface area contributed by atoms with Crippen molar-refractivity contribution in [3.8, 4) is 0 Å². The number of nitrogens with one attached hydrogen (secondary N) is 1. The predicted octanol–water partition coefficient (Wildman–Crippen LogP) is 3.13. The van der Waals surface area contributed by atoms with Gasteiger partial charge in [0.05, 0.1) is 23.8 Å². The molecule has 0 aliphatic carbocycles. The first kappa shape index (κ1) is 22.8. The highest BCUT2D eigenvalue weighted by Gasteiger charge is 2.46. The Bertz CT molecular complexity index is 825. The Balaban J connectivity index is 1.44. The number of benzene rings is 1. The van der Waals surface area contributed by atoms with Gasteiger partial charge in [-0.1, -0.05) is 49.3 Å². The second kappa shape index (κ2) is 10.0. The normalized spacial score (nSPS) is 25.2. The van der Waals surface area contributed by atoms with Crippen molar-refractivity contribution in [3.63, 3.8) is 0 Å². The summed E-state index contributed by atoms with van der Waals surface area (Å²) in [5, 5.41) is 7.58. The molecule has 3 aliphatic rings. The Morgan fingerprint density at radius 2 is 1.97 bits per heavy atom. The van der Waals surface area contributed by atoms with E-state index in [9.17, 15) is 9.59 Å². The molecule has 0 bridgehead atoms. The number of piperidine rings is 1. The first-order chi connectivity index (χ1) is 15.5. The first-order valence-corrected chi connectivity index (χ1v) is 11.9. The molecule has 7 heteroatoms. The van der Waals surface area contributed by atoms with Crippen LogP contribution in [-0.4, -0.2) is 60.9 Å². The number of likely N-dealkylation sites (tertiary alicyclic amines) is 1. The molecular weight excluding hydrogens is 406 g/mol. The number of carbonyl (C=O) groups is 2. The average molecular weight is 442 g/mol. The summed E-state index contributed by atoms with van der Waals surface area (Å²) >= 11 is 0. The average Bonchev–Trinajstić information content (AvgIpc) is 3.28. The molecular formula is C25H35N3O4. The van der Waals surface area contributed by atoms with Crippen LogP contribution in [0.4, 0.5) is 0 Å². The number of amides is 2. The van der Waals surface area contributed by atoms with Crippen molar-refractivity contribution in [1.29, 1.82) is 0 Å². The Hall–Kier alpha value is -2.41. The van der Waals surface area contributed by atoms with E-state index in [0.29, 0.717) is 45.4 Å². The van der Waals surface area contributed by atoms with Crippen LogP contribution in [0.3, 0.4) is 0 Å². The highest BCUT2D eigenvalue weighted by molar-refractivity contribution is 6.01. The van der Waals surface area contributed by atoms with Crippen molar-refractivity contribution in [2.75, 3.05) is 26.3 Å². The second-order valence-corrected chi connectivity index (χ2v) is 9.69. The number of carbonyl (C=O) groups excluding carboxylic acids is 2. The standard InChI is InChI=1S/C25H35N3O4/c1-18(2)23(29)28-12-10-25(11-13-28,24(30)26-20-9-6-14-31-17-20)16-21-15-22(27-32-21)19-7-4-3-5-8-19/h3-5,7-8,18,20-21H,6,9-17H2,1-2H3,(H,26,30)/t20-,21-/m1/s1. The van der Waals surface area contributed by atoms with Gasteiger partial charge in [-0.15, -0.1) is 0 Å². The maximum atomic E-state index is 13.6. The van der Waals surface area contributed by atoms with Crippen LogP contribution < -0.4 is 5.32 Å². The van der Waals surface area contributed by atoms with Gasteiger partial charge in [0.1, 0.15) is 6.10 Å². The summed E-state index contributed by atoms with van der Waals surface area (Å²) in [6, 6.07) is 10.1. The van der Waals surface area contributed by atoms with E-state index in [4.69, 9.17) is 9.57 Å². The molecule has 4 rings (SSSR count). The van der Waals surface area contributed by atoms with Crippen molar-refractivity contribution >= 4 is 17.5 Å². The molecule has 7 nitrogen and oxygen atoms in total. The van der Waals surface area contributed by atoms with Crippen LogP contribution in [0.25, 0.3) is 0 Å². The molecule has 0 unspecified atom stereocenters. The number of hydrogen-bond acceptors (Lipinski definition) is 5. The van der Waals surface area contributed by atoms with Gasteiger partial charge in [-0.2, -0.15) is 0 Å². The molecule has 3 heterocycles. The number of ether oxygens (including phenoxy) is 1. The monoisotopic (exact) mass is 441 g/mol. The molecule has 1 aromatic carbocycles. The minimum absolute atomic E-state index is 0.0317. The van der Waals surface area contributed by atoms with Gasteiger partial charge in [0.25, 0.3) is 0 Å². The largest absolute Gasteiger partial charge is 0.392 e. The lowest BCUT2D eigenvalue weighted by atomic mass is 9.72. The van der Waals surface area contributed by atoms with Crippen molar-refractivity contribution in [2.24, 2.45) is 16.5 Å². The zero-order valence-corrected chi connectivity index (χ0v) is 19.2. The van der Waals surface area contributed by atoms with Crippen molar-refractivity contribution < 1.29 is 19.2 Å². The quantitative estimate of drug-likeness (QED) is 0.736. The van der Waals surface area contributed by atoms with Crippen molar-refractivity contribution in [2.45, 2.75) is 64.5 Å². The fourth-order valence-electron chi connectivity index (χ4n) is 5.01. The van der Waals surface area contributed by atoms with E-state index in [1.165, 1.54) is 0 Å². The van der Waals surface area contributed by atoms with Gasteiger partial charge in [0.2, 0.25) is 11.8 Å². The minimum atomic E-state index is -0.558. The van der Waals surface area contributed by atoms with Gasteiger partial charge in [-0.05, 0) is 31.2 Å². The lowest BCUT2D eigenvalue weighted by Gasteiger charge is -2.42. The molecule has 1 N–H and O–H groups in total. The summed E-state index contributed by atoms with van der Waals surface area (Å²) in [5.41, 5.74) is 1.43. The van der Waals surface area contributed by atoms with Crippen LogP contribution in [-0.2, 0) is 19.2 Å². The minimum Gasteiger partial charge on any atom is -0.392 e. The summed E-state index contributed by atoms with van der Waals surface area (Å²) in [7, 11) is 0. The summed E-state index contributed by atoms with van der Waals surface area (Å²) in [6.07, 6.45) is 4.37. The maximum absolute atomic E-state index is 13.6. The van der Waals surface area contributed by atoms with E-state index in [1.807, 2.05) is 49.1 Å². The van der Waals surface area contributed by atoms with Crippen LogP contribution >= 0.6 is 0 Å². The van der Waals surface area contributed by atoms with Crippen molar-refractivity contribution in [3.05, 3.63) is 35.9 Å². The van der Waals surface area contributed by atoms with E-state index >= 15 is 0 Å². The fourth-order valence-corrected chi connectivity index (χ4v) is 5.01. The second-order valence-electron chi connectivity index (χ2n) is 9.69. The van der Waals surface area contributed by atoms with Gasteiger partial charge in [-0.25, -0.2) is 0 Å². The van der Waals surface area contributed by atoms with Crippen molar-refractivity contribution in [1.82, 2.24) is 10.2 Å². The third-order valence-electron chi connectivity index (χ3n) is 6.96. The molecule has 1 aromatic rings. The zero-order valence-electron chi connectivity index (χ0n) is 19.2. The maximum Gasteiger partial charge on any atom is 0.226 e. The van der Waals surface area contributed by atoms with Crippen LogP contribution in [0.1, 0.15) is 57.9 Å². The Morgan fingerprint density at radius 3 is 2.62 bits per heavy atom. The summed E-state index contributed by atoms with van der Waals surface area (Å²) in [4.78, 5) is 33.8. The Morgan fingerprint density at radius 1 is 1.22 bits per heavy atom. The van der Waals surface area contributed by atoms with E-state index in [0.717, 1.165) is 30.7 Å². The number of nitrogens with zero attached hydrogens (tertiary/aromatic N) is 2. The number of hydrogen-bond donors (Lipinski definition) is 1. The molecule has 32 heavy (non-hydrogen) atoms. The molecule has 2 amide bonds. The zero-order chi connectivity index (χ0) is 22.6. The molecule has 3 aliphatic heterocycles.